The van der Waals surface area contributed by atoms with E-state index in [0.717, 1.165) is 58.7 Å². The smallest absolute Gasteiger partial charge is 0.332 e. The summed E-state index contributed by atoms with van der Waals surface area (Å²) in [5.74, 6) is 0.0125. The third-order valence-electron chi connectivity index (χ3n) is 6.63. The van der Waals surface area contributed by atoms with Crippen molar-refractivity contribution in [2.75, 3.05) is 0 Å². The van der Waals surface area contributed by atoms with E-state index in [9.17, 15) is 14.9 Å². The van der Waals surface area contributed by atoms with Gasteiger partial charge < -0.3 is 9.40 Å². The van der Waals surface area contributed by atoms with Gasteiger partial charge in [0, 0.05) is 58.5 Å². The van der Waals surface area contributed by atoms with Gasteiger partial charge in [0.15, 0.2) is 0 Å². The maximum atomic E-state index is 11.6. The topological polar surface area (TPSA) is 86.7 Å². The average molecular weight is 486 g/mol. The molecule has 1 unspecified atom stereocenters. The second-order valence-electron chi connectivity index (χ2n) is 9.11. The lowest BCUT2D eigenvalue weighted by molar-refractivity contribution is -0.384. The number of rotatable bonds is 10. The van der Waals surface area contributed by atoms with Gasteiger partial charge in [-0.15, -0.1) is 0 Å². The van der Waals surface area contributed by atoms with Crippen LogP contribution in [0, 0.1) is 16.0 Å². The van der Waals surface area contributed by atoms with Gasteiger partial charge in [-0.1, -0.05) is 74.7 Å². The fourth-order valence-corrected chi connectivity index (χ4v) is 4.70. The summed E-state index contributed by atoms with van der Waals surface area (Å²) in [7, 11) is 0. The van der Waals surface area contributed by atoms with Crippen LogP contribution in [-0.4, -0.2) is 21.2 Å². The monoisotopic (exact) mass is 485 g/mol. The van der Waals surface area contributed by atoms with Crippen LogP contribution in [0.3, 0.4) is 0 Å². The highest BCUT2D eigenvalue weighted by Crippen LogP contribution is 2.34. The number of benzene rings is 3. The van der Waals surface area contributed by atoms with E-state index < -0.39 is 5.97 Å². The van der Waals surface area contributed by atoms with Gasteiger partial charge in [-0.3, -0.25) is 10.1 Å². The molecule has 0 N–H and O–H groups in total. The van der Waals surface area contributed by atoms with Gasteiger partial charge in [-0.05, 0) is 30.5 Å². The van der Waals surface area contributed by atoms with Crippen molar-refractivity contribution in [2.45, 2.75) is 53.0 Å². The molecule has 0 fully saturated rings. The molecule has 3 aromatic carbocycles. The predicted octanol–water partition coefficient (Wildman–Crippen LogP) is 7.23. The molecule has 0 amide bonds. The molecule has 0 aliphatic carbocycles. The van der Waals surface area contributed by atoms with Crippen LogP contribution < -0.4 is 0 Å². The molecular weight excluding hydrogens is 454 g/mol. The number of oxime groups is 1. The number of hydrogen-bond donors (Lipinski definition) is 0. The summed E-state index contributed by atoms with van der Waals surface area (Å²) in [6, 6.07) is 20.6. The molecule has 0 aliphatic rings. The normalized spacial score (nSPS) is 12.7. The Labute approximate surface area is 210 Å². The maximum Gasteiger partial charge on any atom is 0.332 e. The van der Waals surface area contributed by atoms with E-state index in [1.807, 2.05) is 54.6 Å². The number of aromatic nitrogens is 1. The van der Waals surface area contributed by atoms with E-state index in [2.05, 4.69) is 23.6 Å². The highest BCUT2D eigenvalue weighted by atomic mass is 16.7. The molecule has 0 radical (unpaired) electrons. The zero-order valence-corrected chi connectivity index (χ0v) is 20.9. The van der Waals surface area contributed by atoms with Gasteiger partial charge >= 0.3 is 5.97 Å². The minimum atomic E-state index is -0.505. The highest BCUT2D eigenvalue weighted by Gasteiger charge is 2.19. The standard InChI is InChI=1S/C29H31N3O4/c1-4-6-10-21(5-2)19-31-27-15-13-23(29(30-36-20(3)33)22-11-8-7-9-12-22)17-25(27)26-18-24(32(34)35)14-16-28(26)31/h7-9,11-18,21H,4-6,10,19H2,1-3H3/b30-29+. The molecule has 1 atom stereocenters. The first-order chi connectivity index (χ1) is 17.4. The highest BCUT2D eigenvalue weighted by molar-refractivity contribution is 6.17. The molecule has 0 bridgehead atoms. The first-order valence-corrected chi connectivity index (χ1v) is 12.4. The minimum absolute atomic E-state index is 0.0573. The van der Waals surface area contributed by atoms with Crippen molar-refractivity contribution >= 4 is 39.2 Å². The van der Waals surface area contributed by atoms with E-state index >= 15 is 0 Å². The molecule has 36 heavy (non-hydrogen) atoms. The lowest BCUT2D eigenvalue weighted by Crippen LogP contribution is -2.10. The van der Waals surface area contributed by atoms with Crippen LogP contribution in [0.1, 0.15) is 57.6 Å². The van der Waals surface area contributed by atoms with Crippen LogP contribution in [0.4, 0.5) is 5.69 Å². The van der Waals surface area contributed by atoms with Crippen molar-refractivity contribution in [3.8, 4) is 0 Å². The summed E-state index contributed by atoms with van der Waals surface area (Å²) in [6.45, 7) is 6.58. The van der Waals surface area contributed by atoms with E-state index in [-0.39, 0.29) is 10.6 Å². The lowest BCUT2D eigenvalue weighted by atomic mass is 9.99. The molecule has 7 heteroatoms. The van der Waals surface area contributed by atoms with Gasteiger partial charge in [0.05, 0.1) is 4.92 Å². The number of non-ortho nitro benzene ring substituents is 1. The summed E-state index contributed by atoms with van der Waals surface area (Å²) in [4.78, 5) is 27.7. The van der Waals surface area contributed by atoms with Gasteiger partial charge in [-0.2, -0.15) is 0 Å². The molecule has 1 aromatic heterocycles. The van der Waals surface area contributed by atoms with Crippen LogP contribution in [-0.2, 0) is 16.2 Å². The SMILES string of the molecule is CCCCC(CC)Cn1c2ccc(/C(=N/OC(C)=O)c3ccccc3)cc2c2cc([N+](=O)[O-])ccc21. The molecule has 0 spiro atoms. The Kier molecular flexibility index (Phi) is 7.78. The average Bonchev–Trinajstić information content (AvgIpc) is 3.19. The molecule has 7 nitrogen and oxygen atoms in total. The predicted molar refractivity (Wildman–Crippen MR) is 143 cm³/mol. The molecule has 4 aromatic rings. The first kappa shape index (κ1) is 25.1. The van der Waals surface area contributed by atoms with E-state index in [4.69, 9.17) is 4.84 Å². The number of fused-ring (bicyclic) bond motifs is 3. The number of nitro benzene ring substituents is 1. The number of unbranched alkanes of at least 4 members (excludes halogenated alkanes) is 1. The summed E-state index contributed by atoms with van der Waals surface area (Å²) in [6.07, 6.45) is 4.55. The van der Waals surface area contributed by atoms with Crippen molar-refractivity contribution in [3.05, 3.63) is 88.0 Å². The van der Waals surface area contributed by atoms with E-state index in [0.29, 0.717) is 11.6 Å². The molecule has 1 heterocycles. The summed E-state index contributed by atoms with van der Waals surface area (Å²) in [5, 5.41) is 17.5. The summed E-state index contributed by atoms with van der Waals surface area (Å²) >= 11 is 0. The van der Waals surface area contributed by atoms with Crippen molar-refractivity contribution in [3.63, 3.8) is 0 Å². The molecule has 186 valence electrons. The minimum Gasteiger partial charge on any atom is -0.340 e. The molecule has 0 saturated heterocycles. The zero-order chi connectivity index (χ0) is 25.7. The largest absolute Gasteiger partial charge is 0.340 e. The summed E-state index contributed by atoms with van der Waals surface area (Å²) in [5.41, 5.74) is 4.14. The Morgan fingerprint density at radius 3 is 2.33 bits per heavy atom. The van der Waals surface area contributed by atoms with Crippen molar-refractivity contribution in [1.82, 2.24) is 4.57 Å². The molecule has 4 rings (SSSR count). The molecule has 0 aliphatic heterocycles. The quantitative estimate of drug-likeness (QED) is 0.103. The fourth-order valence-electron chi connectivity index (χ4n) is 4.70. The van der Waals surface area contributed by atoms with Crippen molar-refractivity contribution in [2.24, 2.45) is 11.1 Å². The van der Waals surface area contributed by atoms with Crippen LogP contribution >= 0.6 is 0 Å². The maximum absolute atomic E-state index is 11.6. The van der Waals surface area contributed by atoms with Gasteiger partial charge in [0.1, 0.15) is 5.71 Å². The molecule has 0 saturated carbocycles. The second-order valence-corrected chi connectivity index (χ2v) is 9.11. The first-order valence-electron chi connectivity index (χ1n) is 12.4. The van der Waals surface area contributed by atoms with Crippen LogP contribution in [0.2, 0.25) is 0 Å². The number of nitro groups is 1. The van der Waals surface area contributed by atoms with Gasteiger partial charge in [0.2, 0.25) is 0 Å². The van der Waals surface area contributed by atoms with E-state index in [1.54, 1.807) is 12.1 Å². The number of nitrogens with zero attached hydrogens (tertiary/aromatic N) is 3. The Morgan fingerprint density at radius 2 is 1.69 bits per heavy atom. The Balaban J connectivity index is 1.91. The van der Waals surface area contributed by atoms with Crippen molar-refractivity contribution < 1.29 is 14.6 Å². The molecular formula is C29H31N3O4. The Bertz CT molecular complexity index is 1420. The van der Waals surface area contributed by atoms with Crippen molar-refractivity contribution in [1.29, 1.82) is 0 Å². The van der Waals surface area contributed by atoms with Gasteiger partial charge in [0.25, 0.3) is 5.69 Å². The van der Waals surface area contributed by atoms with Gasteiger partial charge in [-0.25, -0.2) is 4.79 Å². The third kappa shape index (κ3) is 5.30. The second kappa shape index (κ2) is 11.2. The van der Waals surface area contributed by atoms with E-state index in [1.165, 1.54) is 13.3 Å². The zero-order valence-electron chi connectivity index (χ0n) is 20.9. The fraction of sp³-hybridized carbons (Fsp3) is 0.310. The number of carbonyl (C=O) groups excluding carboxylic acids is 1. The summed E-state index contributed by atoms with van der Waals surface area (Å²) < 4.78 is 2.29. The lowest BCUT2D eigenvalue weighted by Gasteiger charge is -2.17. The Morgan fingerprint density at radius 1 is 1.00 bits per heavy atom. The van der Waals surface area contributed by atoms with Crippen LogP contribution in [0.25, 0.3) is 21.8 Å². The third-order valence-corrected chi connectivity index (χ3v) is 6.63. The van der Waals surface area contributed by atoms with Crippen LogP contribution in [0.15, 0.2) is 71.9 Å². The number of hydrogen-bond acceptors (Lipinski definition) is 5. The number of carbonyl (C=O) groups is 1. The Hall–Kier alpha value is -4.00. The van der Waals surface area contributed by atoms with Crippen LogP contribution in [0.5, 0.6) is 0 Å².